The van der Waals surface area contributed by atoms with Crippen LogP contribution in [0.2, 0.25) is 0 Å². The van der Waals surface area contributed by atoms with Crippen molar-refractivity contribution in [2.24, 2.45) is 0 Å². The first-order valence-corrected chi connectivity index (χ1v) is 7.43. The minimum Gasteiger partial charge on any atom is -0.450 e. The highest BCUT2D eigenvalue weighted by molar-refractivity contribution is 7.15. The van der Waals surface area contributed by atoms with Crippen molar-refractivity contribution in [3.63, 3.8) is 0 Å². The topological polar surface area (TPSA) is 54.5 Å². The molecule has 0 aromatic carbocycles. The lowest BCUT2D eigenvalue weighted by molar-refractivity contribution is -0.134. The number of anilines is 1. The zero-order valence-corrected chi connectivity index (χ0v) is 12.3. The van der Waals surface area contributed by atoms with Crippen molar-refractivity contribution in [2.45, 2.75) is 32.0 Å². The van der Waals surface area contributed by atoms with Crippen molar-refractivity contribution >= 4 is 22.6 Å². The number of aromatic nitrogens is 1. The summed E-state index contributed by atoms with van der Waals surface area (Å²) in [5.41, 5.74) is 0. The summed E-state index contributed by atoms with van der Waals surface area (Å²) in [6.45, 7) is 3.12. The molecule has 0 aliphatic carbocycles. The fraction of sp³-hybridized carbons (Fsp3) is 0.667. The number of carbonyl (C=O) groups excluding carboxylic acids is 1. The molecular weight excluding hydrogens is 307 g/mol. The van der Waals surface area contributed by atoms with E-state index in [9.17, 15) is 18.0 Å². The van der Waals surface area contributed by atoms with Crippen LogP contribution in [0, 0.1) is 0 Å². The molecule has 1 aromatic rings. The molecule has 118 valence electrons. The minimum absolute atomic E-state index is 0.0166. The predicted molar refractivity (Wildman–Crippen MR) is 72.4 cm³/mol. The highest BCUT2D eigenvalue weighted by Gasteiger charge is 2.33. The fourth-order valence-corrected chi connectivity index (χ4v) is 2.83. The van der Waals surface area contributed by atoms with Crippen molar-refractivity contribution in [3.05, 3.63) is 11.1 Å². The molecule has 9 heteroatoms. The quantitative estimate of drug-likeness (QED) is 0.928. The summed E-state index contributed by atoms with van der Waals surface area (Å²) < 4.78 is 42.3. The molecule has 1 saturated heterocycles. The summed E-state index contributed by atoms with van der Waals surface area (Å²) in [6.07, 6.45) is -2.56. The van der Waals surface area contributed by atoms with Crippen LogP contribution in [-0.4, -0.2) is 41.7 Å². The van der Waals surface area contributed by atoms with Crippen molar-refractivity contribution in [1.82, 2.24) is 9.88 Å². The van der Waals surface area contributed by atoms with Crippen LogP contribution in [0.25, 0.3) is 0 Å². The molecule has 1 amide bonds. The summed E-state index contributed by atoms with van der Waals surface area (Å²) in [5, 5.41) is 3.25. The van der Waals surface area contributed by atoms with Gasteiger partial charge < -0.3 is 15.0 Å². The molecular formula is C12H16F3N3O2S. The van der Waals surface area contributed by atoms with E-state index in [1.165, 1.54) is 0 Å². The maximum Gasteiger partial charge on any atom is 0.427 e. The molecule has 2 heterocycles. The van der Waals surface area contributed by atoms with Crippen LogP contribution in [-0.2, 0) is 10.9 Å². The number of nitrogens with zero attached hydrogens (tertiary/aromatic N) is 2. The number of hydrogen-bond donors (Lipinski definition) is 1. The first-order chi connectivity index (χ1) is 9.90. The number of nitrogens with one attached hydrogen (secondary N) is 1. The zero-order chi connectivity index (χ0) is 15.5. The Morgan fingerprint density at radius 1 is 1.52 bits per heavy atom. The van der Waals surface area contributed by atoms with Gasteiger partial charge in [-0.1, -0.05) is 11.3 Å². The van der Waals surface area contributed by atoms with Gasteiger partial charge in [0, 0.05) is 19.1 Å². The summed E-state index contributed by atoms with van der Waals surface area (Å²) >= 11 is 0.596. The first kappa shape index (κ1) is 15.9. The highest BCUT2D eigenvalue weighted by Crippen LogP contribution is 2.35. The Morgan fingerprint density at radius 3 is 2.71 bits per heavy atom. The molecule has 1 aliphatic rings. The van der Waals surface area contributed by atoms with Gasteiger partial charge in [-0.2, -0.15) is 13.2 Å². The number of rotatable bonds is 3. The third-order valence-corrected chi connectivity index (χ3v) is 4.11. The lowest BCUT2D eigenvalue weighted by atomic mass is 10.1. The molecule has 1 N–H and O–H groups in total. The van der Waals surface area contributed by atoms with E-state index in [4.69, 9.17) is 4.74 Å². The summed E-state index contributed by atoms with van der Waals surface area (Å²) in [7, 11) is 0. The van der Waals surface area contributed by atoms with E-state index in [1.807, 2.05) is 0 Å². The first-order valence-electron chi connectivity index (χ1n) is 6.61. The summed E-state index contributed by atoms with van der Waals surface area (Å²) in [6, 6.07) is 0.0166. The van der Waals surface area contributed by atoms with Gasteiger partial charge in [0.15, 0.2) is 5.13 Å². The van der Waals surface area contributed by atoms with Crippen LogP contribution in [0.4, 0.5) is 23.1 Å². The molecule has 0 atom stereocenters. The monoisotopic (exact) mass is 323 g/mol. The predicted octanol–water partition coefficient (Wildman–Crippen LogP) is 3.19. The zero-order valence-electron chi connectivity index (χ0n) is 11.4. The Balaban J connectivity index is 1.83. The van der Waals surface area contributed by atoms with Gasteiger partial charge in [0.2, 0.25) is 0 Å². The van der Waals surface area contributed by atoms with Crippen LogP contribution in [0.3, 0.4) is 0 Å². The summed E-state index contributed by atoms with van der Waals surface area (Å²) in [5.74, 6) is 0. The molecule has 2 rings (SSSR count). The molecule has 5 nitrogen and oxygen atoms in total. The SMILES string of the molecule is CCOC(=O)N1CCC(Nc2ncc(C(F)(F)F)s2)CC1. The lowest BCUT2D eigenvalue weighted by Crippen LogP contribution is -2.42. The van der Waals surface area contributed by atoms with Gasteiger partial charge in [-0.3, -0.25) is 0 Å². The van der Waals surface area contributed by atoms with Gasteiger partial charge >= 0.3 is 12.3 Å². The van der Waals surface area contributed by atoms with Crippen LogP contribution in [0.5, 0.6) is 0 Å². The second kappa shape index (κ2) is 6.50. The van der Waals surface area contributed by atoms with Gasteiger partial charge in [0.05, 0.1) is 12.8 Å². The van der Waals surface area contributed by atoms with Crippen molar-refractivity contribution < 1.29 is 22.7 Å². The lowest BCUT2D eigenvalue weighted by Gasteiger charge is -2.31. The smallest absolute Gasteiger partial charge is 0.427 e. The normalized spacial score (nSPS) is 16.9. The van der Waals surface area contributed by atoms with Gasteiger partial charge in [-0.05, 0) is 19.8 Å². The van der Waals surface area contributed by atoms with E-state index in [2.05, 4.69) is 10.3 Å². The van der Waals surface area contributed by atoms with Gasteiger partial charge in [0.1, 0.15) is 4.88 Å². The van der Waals surface area contributed by atoms with E-state index < -0.39 is 11.1 Å². The number of halogens is 3. The van der Waals surface area contributed by atoms with Gasteiger partial charge in [-0.25, -0.2) is 9.78 Å². The average molecular weight is 323 g/mol. The molecule has 1 aromatic heterocycles. The van der Waals surface area contributed by atoms with E-state index in [0.29, 0.717) is 43.9 Å². The number of alkyl halides is 3. The van der Waals surface area contributed by atoms with Crippen LogP contribution in [0.1, 0.15) is 24.6 Å². The van der Waals surface area contributed by atoms with Crippen LogP contribution >= 0.6 is 11.3 Å². The van der Waals surface area contributed by atoms with Gasteiger partial charge in [0.25, 0.3) is 0 Å². The minimum atomic E-state index is -4.36. The van der Waals surface area contributed by atoms with E-state index in [-0.39, 0.29) is 17.3 Å². The number of likely N-dealkylation sites (tertiary alicyclic amines) is 1. The maximum atomic E-state index is 12.5. The number of ether oxygens (including phenoxy) is 1. The Hall–Kier alpha value is -1.51. The van der Waals surface area contributed by atoms with Crippen LogP contribution < -0.4 is 5.32 Å². The van der Waals surface area contributed by atoms with Crippen molar-refractivity contribution in [3.8, 4) is 0 Å². The van der Waals surface area contributed by atoms with Gasteiger partial charge in [-0.15, -0.1) is 0 Å². The Morgan fingerprint density at radius 2 is 2.19 bits per heavy atom. The van der Waals surface area contributed by atoms with Crippen molar-refractivity contribution in [2.75, 3.05) is 25.0 Å². The number of carbonyl (C=O) groups is 1. The number of thiazole rings is 1. The second-order valence-corrected chi connectivity index (χ2v) is 5.66. The molecule has 0 bridgehead atoms. The van der Waals surface area contributed by atoms with Crippen molar-refractivity contribution in [1.29, 1.82) is 0 Å². The number of hydrogen-bond acceptors (Lipinski definition) is 5. The molecule has 1 fully saturated rings. The Kier molecular flexibility index (Phi) is 4.92. The third kappa shape index (κ3) is 4.23. The standard InChI is InChI=1S/C12H16F3N3O2S/c1-2-20-11(19)18-5-3-8(4-6-18)17-10-16-7-9(21-10)12(13,14)15/h7-8H,2-6H2,1H3,(H,16,17). The molecule has 0 saturated carbocycles. The Bertz CT molecular complexity index is 484. The molecule has 21 heavy (non-hydrogen) atoms. The van der Waals surface area contributed by atoms with E-state index >= 15 is 0 Å². The molecule has 0 radical (unpaired) electrons. The van der Waals surface area contributed by atoms with Crippen LogP contribution in [0.15, 0.2) is 6.20 Å². The fourth-order valence-electron chi connectivity index (χ4n) is 2.07. The molecule has 1 aliphatic heterocycles. The average Bonchev–Trinajstić information content (AvgIpc) is 2.88. The van der Waals surface area contributed by atoms with E-state index in [1.54, 1.807) is 11.8 Å². The molecule has 0 spiro atoms. The number of amides is 1. The third-order valence-electron chi connectivity index (χ3n) is 3.13. The maximum absolute atomic E-state index is 12.5. The second-order valence-electron chi connectivity index (χ2n) is 4.63. The van der Waals surface area contributed by atoms with E-state index in [0.717, 1.165) is 6.20 Å². The Labute approximate surface area is 124 Å². The number of piperidine rings is 1. The largest absolute Gasteiger partial charge is 0.450 e. The highest BCUT2D eigenvalue weighted by atomic mass is 32.1. The summed E-state index contributed by atoms with van der Waals surface area (Å²) in [4.78, 5) is 16.2. The molecule has 0 unspecified atom stereocenters.